The number of aliphatic carboxylic acids is 1. The maximum atomic E-state index is 12.8. The molecule has 0 saturated carbocycles. The minimum absolute atomic E-state index is 0.138. The van der Waals surface area contributed by atoms with Gasteiger partial charge in [-0.2, -0.15) is 13.2 Å². The van der Waals surface area contributed by atoms with Gasteiger partial charge in [0.05, 0.1) is 5.56 Å². The molecule has 1 atom stereocenters. The predicted molar refractivity (Wildman–Crippen MR) is 95.3 cm³/mol. The molecule has 0 amide bonds. The summed E-state index contributed by atoms with van der Waals surface area (Å²) in [6.45, 7) is 1.50. The summed E-state index contributed by atoms with van der Waals surface area (Å²) in [6.07, 6.45) is -4.43. The van der Waals surface area contributed by atoms with Crippen molar-refractivity contribution in [2.45, 2.75) is 23.6 Å². The summed E-state index contributed by atoms with van der Waals surface area (Å²) in [7, 11) is 0. The Hall–Kier alpha value is -2.74. The Balaban J connectivity index is 2.04. The van der Waals surface area contributed by atoms with Crippen LogP contribution in [0.2, 0.25) is 0 Å². The third-order valence-corrected chi connectivity index (χ3v) is 4.69. The summed E-state index contributed by atoms with van der Waals surface area (Å²) in [4.78, 5) is 15.4. The van der Waals surface area contributed by atoms with Crippen molar-refractivity contribution in [1.29, 1.82) is 0 Å². The maximum absolute atomic E-state index is 12.8. The van der Waals surface area contributed by atoms with Gasteiger partial charge in [-0.25, -0.2) is 4.98 Å². The lowest BCUT2D eigenvalue weighted by molar-refractivity contribution is -0.138. The quantitative estimate of drug-likeness (QED) is 0.572. The van der Waals surface area contributed by atoms with E-state index in [1.807, 2.05) is 6.07 Å². The van der Waals surface area contributed by atoms with E-state index in [9.17, 15) is 18.0 Å². The van der Waals surface area contributed by atoms with Crippen molar-refractivity contribution < 1.29 is 27.5 Å². The van der Waals surface area contributed by atoms with Gasteiger partial charge in [-0.05, 0) is 19.1 Å². The molecule has 0 spiro atoms. The number of thioether (sulfide) groups is 1. The molecule has 0 saturated heterocycles. The summed E-state index contributed by atoms with van der Waals surface area (Å²) in [6, 6.07) is 13.6. The second-order valence-corrected chi connectivity index (χ2v) is 6.99. The first-order chi connectivity index (χ1) is 12.8. The first-order valence-electron chi connectivity index (χ1n) is 7.89. The van der Waals surface area contributed by atoms with Crippen molar-refractivity contribution in [2.24, 2.45) is 0 Å². The molecular weight excluding hydrogens is 379 g/mol. The van der Waals surface area contributed by atoms with Gasteiger partial charge in [-0.3, -0.25) is 4.79 Å². The number of hydrogen-bond donors (Lipinski definition) is 1. The number of aromatic nitrogens is 1. The number of carbonyl (C=O) groups is 1. The molecular formula is C19H14F3NO3S. The molecule has 4 nitrogen and oxygen atoms in total. The lowest BCUT2D eigenvalue weighted by atomic mass is 10.0. The standard InChI is InChI=1S/C19H14F3NO3S/c1-11(17(24)25)27-18-23-15(16(26-18)13-5-3-2-4-6-13)12-7-9-14(10-8-12)19(20,21)22/h2-11H,1H3,(H,24,25). The highest BCUT2D eigenvalue weighted by molar-refractivity contribution is 8.00. The van der Waals surface area contributed by atoms with Crippen LogP contribution >= 0.6 is 11.8 Å². The zero-order valence-electron chi connectivity index (χ0n) is 14.0. The van der Waals surface area contributed by atoms with E-state index in [0.717, 1.165) is 23.9 Å². The minimum Gasteiger partial charge on any atom is -0.480 e. The van der Waals surface area contributed by atoms with E-state index in [2.05, 4.69) is 4.98 Å². The molecule has 140 valence electrons. The zero-order chi connectivity index (χ0) is 19.6. The number of rotatable bonds is 5. The van der Waals surface area contributed by atoms with E-state index >= 15 is 0 Å². The lowest BCUT2D eigenvalue weighted by Gasteiger charge is -2.07. The van der Waals surface area contributed by atoms with E-state index < -0.39 is 23.0 Å². The molecule has 3 rings (SSSR count). The van der Waals surface area contributed by atoms with E-state index in [4.69, 9.17) is 9.52 Å². The Morgan fingerprint density at radius 1 is 1.07 bits per heavy atom. The monoisotopic (exact) mass is 393 g/mol. The van der Waals surface area contributed by atoms with Crippen molar-refractivity contribution in [1.82, 2.24) is 4.98 Å². The van der Waals surface area contributed by atoms with Gasteiger partial charge >= 0.3 is 12.1 Å². The molecule has 8 heteroatoms. The second kappa shape index (κ2) is 7.48. The van der Waals surface area contributed by atoms with Crippen LogP contribution in [0.1, 0.15) is 12.5 Å². The van der Waals surface area contributed by atoms with Crippen LogP contribution < -0.4 is 0 Å². The number of carboxylic acids is 1. The zero-order valence-corrected chi connectivity index (χ0v) is 14.8. The fourth-order valence-corrected chi connectivity index (χ4v) is 3.03. The number of carboxylic acid groups (broad SMARTS) is 1. The van der Waals surface area contributed by atoms with Crippen LogP contribution in [0.5, 0.6) is 0 Å². The normalized spacial score (nSPS) is 12.7. The first-order valence-corrected chi connectivity index (χ1v) is 8.77. The van der Waals surface area contributed by atoms with Gasteiger partial charge < -0.3 is 9.52 Å². The lowest BCUT2D eigenvalue weighted by Crippen LogP contribution is -2.10. The molecule has 1 unspecified atom stereocenters. The maximum Gasteiger partial charge on any atom is 0.416 e. The minimum atomic E-state index is -4.43. The Kier molecular flexibility index (Phi) is 5.27. The summed E-state index contributed by atoms with van der Waals surface area (Å²) in [5.74, 6) is -0.647. The number of nitrogens with zero attached hydrogens (tertiary/aromatic N) is 1. The van der Waals surface area contributed by atoms with Gasteiger partial charge in [-0.15, -0.1) is 0 Å². The molecule has 1 heterocycles. The highest BCUT2D eigenvalue weighted by Crippen LogP contribution is 2.38. The number of alkyl halides is 3. The third kappa shape index (κ3) is 4.33. The van der Waals surface area contributed by atoms with E-state index in [1.54, 1.807) is 24.3 Å². The van der Waals surface area contributed by atoms with Crippen molar-refractivity contribution in [3.8, 4) is 22.6 Å². The molecule has 2 aromatic carbocycles. The van der Waals surface area contributed by atoms with Gasteiger partial charge in [0.15, 0.2) is 5.76 Å². The fraction of sp³-hybridized carbons (Fsp3) is 0.158. The molecule has 0 fully saturated rings. The van der Waals surface area contributed by atoms with E-state index in [0.29, 0.717) is 22.6 Å². The molecule has 3 aromatic rings. The van der Waals surface area contributed by atoms with Crippen LogP contribution in [0.4, 0.5) is 13.2 Å². The van der Waals surface area contributed by atoms with Gasteiger partial charge in [-0.1, -0.05) is 54.2 Å². The molecule has 0 aliphatic heterocycles. The number of halogens is 3. The van der Waals surface area contributed by atoms with Crippen LogP contribution in [0, 0.1) is 0 Å². The Morgan fingerprint density at radius 2 is 1.70 bits per heavy atom. The van der Waals surface area contributed by atoms with Crippen LogP contribution in [0.3, 0.4) is 0 Å². The highest BCUT2D eigenvalue weighted by atomic mass is 32.2. The number of hydrogen-bond acceptors (Lipinski definition) is 4. The summed E-state index contributed by atoms with van der Waals surface area (Å²) < 4.78 is 44.1. The smallest absolute Gasteiger partial charge is 0.416 e. The molecule has 1 N–H and O–H groups in total. The van der Waals surface area contributed by atoms with Gasteiger partial charge in [0.1, 0.15) is 10.9 Å². The molecule has 0 aliphatic carbocycles. The van der Waals surface area contributed by atoms with E-state index in [1.165, 1.54) is 19.1 Å². The predicted octanol–water partition coefficient (Wildman–Crippen LogP) is 5.59. The summed E-state index contributed by atoms with van der Waals surface area (Å²) >= 11 is 0.926. The van der Waals surface area contributed by atoms with Gasteiger partial charge in [0.2, 0.25) is 0 Å². The summed E-state index contributed by atoms with van der Waals surface area (Å²) in [5.41, 5.74) is 0.732. The van der Waals surface area contributed by atoms with Gasteiger partial charge in [0, 0.05) is 11.1 Å². The van der Waals surface area contributed by atoms with Crippen LogP contribution in [-0.4, -0.2) is 21.3 Å². The van der Waals surface area contributed by atoms with E-state index in [-0.39, 0.29) is 5.22 Å². The largest absolute Gasteiger partial charge is 0.480 e. The number of oxazole rings is 1. The molecule has 1 aromatic heterocycles. The first kappa shape index (κ1) is 19.0. The fourth-order valence-electron chi connectivity index (χ4n) is 2.35. The van der Waals surface area contributed by atoms with Crippen molar-refractivity contribution in [3.05, 3.63) is 60.2 Å². The van der Waals surface area contributed by atoms with Crippen molar-refractivity contribution >= 4 is 17.7 Å². The molecule has 0 aliphatic rings. The average Bonchev–Trinajstić information content (AvgIpc) is 3.05. The Morgan fingerprint density at radius 3 is 2.26 bits per heavy atom. The topological polar surface area (TPSA) is 63.3 Å². The molecule has 0 radical (unpaired) electrons. The van der Waals surface area contributed by atoms with Crippen molar-refractivity contribution in [2.75, 3.05) is 0 Å². The number of benzene rings is 2. The average molecular weight is 393 g/mol. The third-order valence-electron chi connectivity index (χ3n) is 3.75. The Labute approximate surface area is 157 Å². The van der Waals surface area contributed by atoms with Gasteiger partial charge in [0.25, 0.3) is 5.22 Å². The second-order valence-electron chi connectivity index (χ2n) is 5.70. The van der Waals surface area contributed by atoms with Crippen LogP contribution in [0.25, 0.3) is 22.6 Å². The van der Waals surface area contributed by atoms with Crippen LogP contribution in [0.15, 0.2) is 64.2 Å². The van der Waals surface area contributed by atoms with Crippen molar-refractivity contribution in [3.63, 3.8) is 0 Å². The Bertz CT molecular complexity index is 937. The highest BCUT2D eigenvalue weighted by Gasteiger charge is 2.30. The SMILES string of the molecule is CC(Sc1nc(-c2ccc(C(F)(F)F)cc2)c(-c2ccccc2)o1)C(=O)O. The molecule has 27 heavy (non-hydrogen) atoms. The summed E-state index contributed by atoms with van der Waals surface area (Å²) in [5, 5.41) is 8.42. The molecule has 0 bridgehead atoms. The van der Waals surface area contributed by atoms with Crippen LogP contribution in [-0.2, 0) is 11.0 Å².